The van der Waals surface area contributed by atoms with E-state index < -0.39 is 0 Å². The summed E-state index contributed by atoms with van der Waals surface area (Å²) in [6.45, 7) is 1.91. The zero-order valence-corrected chi connectivity index (χ0v) is 11.8. The first-order chi connectivity index (χ1) is 10.1. The quantitative estimate of drug-likeness (QED) is 0.770. The molecule has 0 aliphatic rings. The highest BCUT2D eigenvalue weighted by molar-refractivity contribution is 5.84. The van der Waals surface area contributed by atoms with Gasteiger partial charge in [-0.1, -0.05) is 36.4 Å². The maximum atomic E-state index is 11.8. The number of amides is 1. The maximum Gasteiger partial charge on any atom is 0.225 e. The van der Waals surface area contributed by atoms with E-state index in [1.165, 1.54) is 0 Å². The van der Waals surface area contributed by atoms with Gasteiger partial charge < -0.3 is 10.7 Å². The Morgan fingerprint density at radius 3 is 2.71 bits per heavy atom. The molecule has 2 aromatic carbocycles. The van der Waals surface area contributed by atoms with Gasteiger partial charge >= 0.3 is 0 Å². The molecule has 106 valence electrons. The first kappa shape index (κ1) is 13.4. The molecule has 3 aromatic rings. The summed E-state index contributed by atoms with van der Waals surface area (Å²) in [5.74, 6) is 0.218. The average Bonchev–Trinajstić information content (AvgIpc) is 2.84. The van der Waals surface area contributed by atoms with Crippen LogP contribution in [0.5, 0.6) is 0 Å². The standard InChI is InChI=1S/C17H17N3O/c1-11-19-15-8-7-13(10-16(15)20-11)14(17(18)21)9-12-5-3-2-4-6-12/h2-8,10,14H,9H2,1H3,(H2,18,21)(H,19,20). The van der Waals surface area contributed by atoms with Gasteiger partial charge in [-0.05, 0) is 36.6 Å². The molecule has 3 rings (SSSR count). The van der Waals surface area contributed by atoms with Gasteiger partial charge in [0.25, 0.3) is 0 Å². The van der Waals surface area contributed by atoms with E-state index in [-0.39, 0.29) is 11.8 Å². The van der Waals surface area contributed by atoms with Crippen LogP contribution in [-0.4, -0.2) is 15.9 Å². The molecule has 0 radical (unpaired) electrons. The maximum absolute atomic E-state index is 11.8. The molecule has 0 fully saturated rings. The molecular formula is C17H17N3O. The lowest BCUT2D eigenvalue weighted by atomic mass is 9.91. The number of hydrogen-bond acceptors (Lipinski definition) is 2. The lowest BCUT2D eigenvalue weighted by molar-refractivity contribution is -0.119. The smallest absolute Gasteiger partial charge is 0.225 e. The van der Waals surface area contributed by atoms with Crippen molar-refractivity contribution in [2.24, 2.45) is 5.73 Å². The van der Waals surface area contributed by atoms with Crippen molar-refractivity contribution in [3.63, 3.8) is 0 Å². The minimum absolute atomic E-state index is 0.311. The van der Waals surface area contributed by atoms with E-state index in [1.807, 2.05) is 55.5 Å². The number of aryl methyl sites for hydroxylation is 1. The third kappa shape index (κ3) is 2.79. The number of imidazole rings is 1. The van der Waals surface area contributed by atoms with E-state index in [0.29, 0.717) is 6.42 Å². The fraction of sp³-hybridized carbons (Fsp3) is 0.176. The van der Waals surface area contributed by atoms with Gasteiger partial charge in [-0.25, -0.2) is 4.98 Å². The van der Waals surface area contributed by atoms with Crippen LogP contribution in [0, 0.1) is 6.92 Å². The summed E-state index contributed by atoms with van der Waals surface area (Å²) >= 11 is 0. The molecule has 0 aliphatic carbocycles. The summed E-state index contributed by atoms with van der Waals surface area (Å²) in [6.07, 6.45) is 0.606. The number of fused-ring (bicyclic) bond motifs is 1. The van der Waals surface area contributed by atoms with Crippen molar-refractivity contribution in [3.05, 3.63) is 65.5 Å². The molecular weight excluding hydrogens is 262 g/mol. The Morgan fingerprint density at radius 2 is 2.00 bits per heavy atom. The second-order valence-corrected chi connectivity index (χ2v) is 5.24. The number of benzene rings is 2. The summed E-state index contributed by atoms with van der Waals surface area (Å²) < 4.78 is 0. The fourth-order valence-corrected chi connectivity index (χ4v) is 2.60. The van der Waals surface area contributed by atoms with E-state index in [9.17, 15) is 4.79 Å². The molecule has 3 N–H and O–H groups in total. The Hall–Kier alpha value is -2.62. The Balaban J connectivity index is 1.97. The number of nitrogens with zero attached hydrogens (tertiary/aromatic N) is 1. The fourth-order valence-electron chi connectivity index (χ4n) is 2.60. The summed E-state index contributed by atoms with van der Waals surface area (Å²) in [4.78, 5) is 19.4. The normalized spacial score (nSPS) is 12.4. The summed E-state index contributed by atoms with van der Waals surface area (Å²) in [5.41, 5.74) is 9.46. The molecule has 0 spiro atoms. The summed E-state index contributed by atoms with van der Waals surface area (Å²) in [6, 6.07) is 15.7. The van der Waals surface area contributed by atoms with Crippen molar-refractivity contribution in [3.8, 4) is 0 Å². The Morgan fingerprint density at radius 1 is 1.24 bits per heavy atom. The van der Waals surface area contributed by atoms with Gasteiger partial charge in [-0.15, -0.1) is 0 Å². The lowest BCUT2D eigenvalue weighted by Crippen LogP contribution is -2.23. The summed E-state index contributed by atoms with van der Waals surface area (Å²) in [7, 11) is 0. The molecule has 4 nitrogen and oxygen atoms in total. The highest BCUT2D eigenvalue weighted by Gasteiger charge is 2.19. The van der Waals surface area contributed by atoms with Crippen molar-refractivity contribution >= 4 is 16.9 Å². The number of carbonyl (C=O) groups excluding carboxylic acids is 1. The average molecular weight is 279 g/mol. The number of aromatic nitrogens is 2. The van der Waals surface area contributed by atoms with Crippen LogP contribution >= 0.6 is 0 Å². The molecule has 1 unspecified atom stereocenters. The Kier molecular flexibility index (Phi) is 3.44. The molecule has 1 atom stereocenters. The number of primary amides is 1. The second kappa shape index (κ2) is 5.40. The molecule has 0 saturated heterocycles. The molecule has 1 amide bonds. The van der Waals surface area contributed by atoms with Gasteiger partial charge in [0.2, 0.25) is 5.91 Å². The zero-order valence-electron chi connectivity index (χ0n) is 11.8. The minimum Gasteiger partial charge on any atom is -0.369 e. The number of H-pyrrole nitrogens is 1. The van der Waals surface area contributed by atoms with E-state index >= 15 is 0 Å². The van der Waals surface area contributed by atoms with Gasteiger partial charge in [0, 0.05) is 0 Å². The number of nitrogens with one attached hydrogen (secondary N) is 1. The highest BCUT2D eigenvalue weighted by atomic mass is 16.1. The van der Waals surface area contributed by atoms with Crippen LogP contribution in [0.4, 0.5) is 0 Å². The molecule has 4 heteroatoms. The third-order valence-corrected chi connectivity index (χ3v) is 3.65. The monoisotopic (exact) mass is 279 g/mol. The largest absolute Gasteiger partial charge is 0.369 e. The lowest BCUT2D eigenvalue weighted by Gasteiger charge is -2.14. The molecule has 0 aliphatic heterocycles. The highest BCUT2D eigenvalue weighted by Crippen LogP contribution is 2.24. The third-order valence-electron chi connectivity index (χ3n) is 3.65. The molecule has 0 bridgehead atoms. The summed E-state index contributed by atoms with van der Waals surface area (Å²) in [5, 5.41) is 0. The van der Waals surface area contributed by atoms with Crippen molar-refractivity contribution in [2.45, 2.75) is 19.3 Å². The van der Waals surface area contributed by atoms with Crippen LogP contribution in [0.3, 0.4) is 0 Å². The number of carbonyl (C=O) groups is 1. The van der Waals surface area contributed by atoms with Gasteiger partial charge in [0.05, 0.1) is 17.0 Å². The van der Waals surface area contributed by atoms with Crippen LogP contribution in [-0.2, 0) is 11.2 Å². The van der Waals surface area contributed by atoms with E-state index in [0.717, 1.165) is 28.0 Å². The van der Waals surface area contributed by atoms with Crippen LogP contribution < -0.4 is 5.73 Å². The SMILES string of the molecule is Cc1nc2ccc(C(Cc3ccccc3)C(N)=O)cc2[nH]1. The Labute approximate surface area is 123 Å². The molecule has 1 aromatic heterocycles. The van der Waals surface area contributed by atoms with Gasteiger partial charge in [-0.3, -0.25) is 4.79 Å². The number of hydrogen-bond donors (Lipinski definition) is 2. The van der Waals surface area contributed by atoms with E-state index in [1.54, 1.807) is 0 Å². The van der Waals surface area contributed by atoms with Crippen LogP contribution in [0.15, 0.2) is 48.5 Å². The van der Waals surface area contributed by atoms with Crippen LogP contribution in [0.1, 0.15) is 22.9 Å². The first-order valence-electron chi connectivity index (χ1n) is 6.93. The van der Waals surface area contributed by atoms with Gasteiger partial charge in [0.1, 0.15) is 5.82 Å². The molecule has 1 heterocycles. The number of rotatable bonds is 4. The zero-order chi connectivity index (χ0) is 14.8. The number of nitrogens with two attached hydrogens (primary N) is 1. The van der Waals surface area contributed by atoms with Crippen LogP contribution in [0.25, 0.3) is 11.0 Å². The first-order valence-corrected chi connectivity index (χ1v) is 6.93. The van der Waals surface area contributed by atoms with Crippen molar-refractivity contribution in [1.29, 1.82) is 0 Å². The van der Waals surface area contributed by atoms with Crippen molar-refractivity contribution in [2.75, 3.05) is 0 Å². The van der Waals surface area contributed by atoms with Gasteiger partial charge in [-0.2, -0.15) is 0 Å². The van der Waals surface area contributed by atoms with Crippen molar-refractivity contribution < 1.29 is 4.79 Å². The van der Waals surface area contributed by atoms with Crippen LogP contribution in [0.2, 0.25) is 0 Å². The molecule has 0 saturated carbocycles. The van der Waals surface area contributed by atoms with E-state index in [2.05, 4.69) is 9.97 Å². The second-order valence-electron chi connectivity index (χ2n) is 5.24. The van der Waals surface area contributed by atoms with Crippen molar-refractivity contribution in [1.82, 2.24) is 9.97 Å². The van der Waals surface area contributed by atoms with Gasteiger partial charge in [0.15, 0.2) is 0 Å². The molecule has 21 heavy (non-hydrogen) atoms. The van der Waals surface area contributed by atoms with E-state index in [4.69, 9.17) is 5.73 Å². The predicted molar refractivity (Wildman–Crippen MR) is 82.9 cm³/mol. The minimum atomic E-state index is -0.333. The Bertz CT molecular complexity index is 777. The number of aromatic amines is 1. The topological polar surface area (TPSA) is 71.8 Å². The predicted octanol–water partition coefficient (Wildman–Crippen LogP) is 2.68.